The second kappa shape index (κ2) is 10.2. The molecule has 0 spiro atoms. The van der Waals surface area contributed by atoms with Crippen molar-refractivity contribution in [1.29, 1.82) is 0 Å². The number of rotatable bonds is 10. The van der Waals surface area contributed by atoms with Gasteiger partial charge in [-0.2, -0.15) is 13.2 Å². The molecule has 0 bridgehead atoms. The summed E-state index contributed by atoms with van der Waals surface area (Å²) in [5, 5.41) is 14.1. The highest BCUT2D eigenvalue weighted by molar-refractivity contribution is 5.85. The summed E-state index contributed by atoms with van der Waals surface area (Å²) >= 11 is 0. The molecule has 8 nitrogen and oxygen atoms in total. The molecule has 1 heterocycles. The topological polar surface area (TPSA) is 105 Å². The molecule has 0 saturated carbocycles. The van der Waals surface area contributed by atoms with Crippen LogP contribution in [0.5, 0.6) is 5.75 Å². The van der Waals surface area contributed by atoms with E-state index < -0.39 is 23.9 Å². The lowest BCUT2D eigenvalue weighted by atomic mass is 10.0. The summed E-state index contributed by atoms with van der Waals surface area (Å²) in [6, 6.07) is 2.36. The third-order valence-electron chi connectivity index (χ3n) is 4.33. The van der Waals surface area contributed by atoms with E-state index in [1.165, 1.54) is 17.0 Å². The van der Waals surface area contributed by atoms with E-state index in [1.54, 1.807) is 7.05 Å². The van der Waals surface area contributed by atoms with Crippen LogP contribution in [0.3, 0.4) is 0 Å². The van der Waals surface area contributed by atoms with Crippen LogP contribution in [0.15, 0.2) is 16.7 Å². The van der Waals surface area contributed by atoms with Crippen LogP contribution in [0.2, 0.25) is 0 Å². The Kier molecular flexibility index (Phi) is 7.90. The first-order valence-corrected chi connectivity index (χ1v) is 9.47. The number of aromatic nitrogens is 1. The van der Waals surface area contributed by atoms with Gasteiger partial charge in [-0.1, -0.05) is 18.5 Å². The van der Waals surface area contributed by atoms with E-state index in [1.807, 2.05) is 6.92 Å². The number of carbonyl (C=O) groups excluding carboxylic acids is 1. The van der Waals surface area contributed by atoms with Crippen molar-refractivity contribution in [2.75, 3.05) is 26.7 Å². The van der Waals surface area contributed by atoms with E-state index in [2.05, 4.69) is 10.5 Å². The number of amides is 2. The predicted molar refractivity (Wildman–Crippen MR) is 101 cm³/mol. The van der Waals surface area contributed by atoms with Crippen molar-refractivity contribution in [2.24, 2.45) is 0 Å². The number of hydrogen-bond donors (Lipinski definition) is 2. The molecule has 1 aromatic carbocycles. The highest BCUT2D eigenvalue weighted by Gasteiger charge is 2.37. The molecule has 0 fully saturated rings. The summed E-state index contributed by atoms with van der Waals surface area (Å²) in [5.41, 5.74) is -0.466. The highest BCUT2D eigenvalue weighted by Crippen LogP contribution is 2.38. The lowest BCUT2D eigenvalue weighted by molar-refractivity contribution is -0.141. The van der Waals surface area contributed by atoms with Gasteiger partial charge in [-0.05, 0) is 25.0 Å². The van der Waals surface area contributed by atoms with E-state index >= 15 is 0 Å². The summed E-state index contributed by atoms with van der Waals surface area (Å²) in [6.45, 7) is 2.51. The minimum absolute atomic E-state index is 0.0342. The van der Waals surface area contributed by atoms with Crippen molar-refractivity contribution >= 4 is 23.0 Å². The minimum atomic E-state index is -4.60. The molecule has 0 unspecified atom stereocenters. The number of fused-ring (bicyclic) bond motifs is 1. The number of carboxylic acid groups (broad SMARTS) is 1. The Morgan fingerprint density at radius 2 is 2.07 bits per heavy atom. The van der Waals surface area contributed by atoms with Crippen LogP contribution in [0, 0.1) is 0 Å². The van der Waals surface area contributed by atoms with Crippen molar-refractivity contribution in [1.82, 2.24) is 15.4 Å². The number of alkyl halides is 3. The fourth-order valence-electron chi connectivity index (χ4n) is 2.86. The molecule has 1 aromatic heterocycles. The second-order valence-corrected chi connectivity index (χ2v) is 6.70. The van der Waals surface area contributed by atoms with E-state index in [0.29, 0.717) is 37.1 Å². The highest BCUT2D eigenvalue weighted by atomic mass is 19.4. The molecule has 0 atom stereocenters. The molecule has 2 rings (SSSR count). The average Bonchev–Trinajstić information content (AvgIpc) is 3.10. The molecule has 0 radical (unpaired) electrons. The number of ether oxygens (including phenoxy) is 1. The van der Waals surface area contributed by atoms with E-state index in [9.17, 15) is 22.8 Å². The molecule has 0 aliphatic heterocycles. The smallest absolute Gasteiger partial charge is 0.437 e. The maximum Gasteiger partial charge on any atom is 0.437 e. The minimum Gasteiger partial charge on any atom is -0.493 e. The molecule has 2 aromatic rings. The lowest BCUT2D eigenvalue weighted by Gasteiger charge is -2.18. The normalized spacial score (nSPS) is 11.5. The number of urea groups is 1. The number of benzene rings is 1. The third kappa shape index (κ3) is 6.01. The Bertz CT molecular complexity index is 882. The zero-order chi connectivity index (χ0) is 22.3. The van der Waals surface area contributed by atoms with Crippen LogP contribution in [-0.2, 0) is 17.4 Å². The first-order chi connectivity index (χ1) is 14.1. The number of aryl methyl sites for hydroxylation is 1. The van der Waals surface area contributed by atoms with Gasteiger partial charge in [0.25, 0.3) is 0 Å². The first kappa shape index (κ1) is 23.3. The van der Waals surface area contributed by atoms with Gasteiger partial charge in [0, 0.05) is 25.7 Å². The summed E-state index contributed by atoms with van der Waals surface area (Å²) in [7, 11) is 1.57. The van der Waals surface area contributed by atoms with Crippen LogP contribution in [0.1, 0.15) is 37.4 Å². The van der Waals surface area contributed by atoms with Gasteiger partial charge >= 0.3 is 18.2 Å². The van der Waals surface area contributed by atoms with Gasteiger partial charge in [-0.3, -0.25) is 4.79 Å². The van der Waals surface area contributed by atoms with E-state index in [0.717, 1.165) is 0 Å². The monoisotopic (exact) mass is 431 g/mol. The summed E-state index contributed by atoms with van der Waals surface area (Å²) in [4.78, 5) is 23.7. The number of aliphatic carboxylic acids is 1. The number of nitrogens with one attached hydrogen (secondary N) is 1. The van der Waals surface area contributed by atoms with E-state index in [4.69, 9.17) is 14.4 Å². The Labute approximate surface area is 170 Å². The van der Waals surface area contributed by atoms with Crippen molar-refractivity contribution in [3.05, 3.63) is 23.4 Å². The molecule has 166 valence electrons. The Morgan fingerprint density at radius 1 is 1.33 bits per heavy atom. The van der Waals surface area contributed by atoms with Crippen LogP contribution in [0.25, 0.3) is 11.0 Å². The molecular weight excluding hydrogens is 407 g/mol. The molecule has 0 aliphatic carbocycles. The Balaban J connectivity index is 1.96. The number of nitrogens with zero attached hydrogens (tertiary/aromatic N) is 2. The maximum absolute atomic E-state index is 13.1. The predicted octanol–water partition coefficient (Wildman–Crippen LogP) is 3.68. The summed E-state index contributed by atoms with van der Waals surface area (Å²) in [5.74, 6) is -0.580. The molecule has 0 saturated heterocycles. The van der Waals surface area contributed by atoms with Crippen molar-refractivity contribution < 1.29 is 37.1 Å². The van der Waals surface area contributed by atoms with Crippen LogP contribution >= 0.6 is 0 Å². The Morgan fingerprint density at radius 3 is 2.70 bits per heavy atom. The third-order valence-corrected chi connectivity index (χ3v) is 4.33. The fourth-order valence-corrected chi connectivity index (χ4v) is 2.86. The number of halogens is 3. The largest absolute Gasteiger partial charge is 0.493 e. The average molecular weight is 431 g/mol. The number of carbonyl (C=O) groups is 2. The van der Waals surface area contributed by atoms with Gasteiger partial charge < -0.3 is 24.6 Å². The second-order valence-electron chi connectivity index (χ2n) is 6.70. The van der Waals surface area contributed by atoms with Gasteiger partial charge in [0.2, 0.25) is 0 Å². The van der Waals surface area contributed by atoms with Crippen molar-refractivity contribution in [3.63, 3.8) is 0 Å². The van der Waals surface area contributed by atoms with Crippen LogP contribution < -0.4 is 10.1 Å². The fraction of sp³-hybridized carbons (Fsp3) is 0.526. The quantitative estimate of drug-likeness (QED) is 0.556. The number of hydrogen-bond acceptors (Lipinski definition) is 5. The van der Waals surface area contributed by atoms with Crippen molar-refractivity contribution in [2.45, 2.75) is 38.8 Å². The zero-order valence-electron chi connectivity index (χ0n) is 16.7. The number of carboxylic acids is 1. The first-order valence-electron chi connectivity index (χ1n) is 9.47. The molecule has 30 heavy (non-hydrogen) atoms. The van der Waals surface area contributed by atoms with Gasteiger partial charge in [0.05, 0.1) is 18.4 Å². The molecular formula is C19H24F3N3O5. The van der Waals surface area contributed by atoms with Gasteiger partial charge in [-0.25, -0.2) is 4.79 Å². The molecule has 2 N–H and O–H groups in total. The Hall–Kier alpha value is -2.98. The maximum atomic E-state index is 13.1. The zero-order valence-corrected chi connectivity index (χ0v) is 16.7. The van der Waals surface area contributed by atoms with Gasteiger partial charge in [-0.15, -0.1) is 0 Å². The summed E-state index contributed by atoms with van der Waals surface area (Å²) in [6.07, 6.45) is -3.16. The molecule has 11 heteroatoms. The standard InChI is InChI=1S/C19H24F3N3O5/c1-3-5-12-14(7-6-13-16(12)30-24-17(13)19(20,21)22)29-11-4-10-25(2)18(28)23-9-8-15(26)27/h6-7H,3-5,8-11H2,1-2H3,(H,23,28)(H,26,27). The van der Waals surface area contributed by atoms with Crippen LogP contribution in [-0.4, -0.2) is 53.9 Å². The lowest BCUT2D eigenvalue weighted by Crippen LogP contribution is -2.39. The summed E-state index contributed by atoms with van der Waals surface area (Å²) < 4.78 is 49.9. The SMILES string of the molecule is CCCc1c(OCCCN(C)C(=O)NCCC(=O)O)ccc2c(C(F)(F)F)noc12. The van der Waals surface area contributed by atoms with Crippen molar-refractivity contribution in [3.8, 4) is 5.75 Å². The molecule has 2 amide bonds. The van der Waals surface area contributed by atoms with Crippen LogP contribution in [0.4, 0.5) is 18.0 Å². The van der Waals surface area contributed by atoms with E-state index in [-0.39, 0.29) is 30.5 Å². The van der Waals surface area contributed by atoms with Gasteiger partial charge in [0.15, 0.2) is 11.3 Å². The van der Waals surface area contributed by atoms with Gasteiger partial charge in [0.1, 0.15) is 5.75 Å². The molecule has 0 aliphatic rings.